The van der Waals surface area contributed by atoms with Gasteiger partial charge in [-0.3, -0.25) is 9.69 Å². The zero-order valence-corrected chi connectivity index (χ0v) is 19.3. The van der Waals surface area contributed by atoms with E-state index in [0.717, 1.165) is 42.5 Å². The molecule has 34 heavy (non-hydrogen) atoms. The van der Waals surface area contributed by atoms with Crippen LogP contribution in [0.1, 0.15) is 66.6 Å². The summed E-state index contributed by atoms with van der Waals surface area (Å²) in [6.07, 6.45) is -1.29. The Hall–Kier alpha value is -2.87. The quantitative estimate of drug-likeness (QED) is 0.604. The number of rotatable bonds is 6. The minimum atomic E-state index is -4.38. The number of carboxylic acid groups (broad SMARTS) is 1. The topological polar surface area (TPSA) is 69.6 Å². The normalized spacial score (nSPS) is 21.6. The Morgan fingerprint density at radius 2 is 1.65 bits per heavy atom. The average Bonchev–Trinajstić information content (AvgIpc) is 3.55. The summed E-state index contributed by atoms with van der Waals surface area (Å²) < 4.78 is 38.7. The average molecular weight is 475 g/mol. The predicted octanol–water partition coefficient (Wildman–Crippen LogP) is 5.20. The van der Waals surface area contributed by atoms with Gasteiger partial charge in [0, 0.05) is 6.54 Å². The molecule has 1 unspecified atom stereocenters. The Kier molecular flexibility index (Phi) is 6.23. The van der Waals surface area contributed by atoms with Gasteiger partial charge in [0.1, 0.15) is 0 Å². The maximum Gasteiger partial charge on any atom is 0.416 e. The fourth-order valence-corrected chi connectivity index (χ4v) is 4.70. The van der Waals surface area contributed by atoms with Crippen molar-refractivity contribution in [2.45, 2.75) is 63.8 Å². The molecule has 1 aliphatic carbocycles. The first-order valence-electron chi connectivity index (χ1n) is 11.4. The van der Waals surface area contributed by atoms with Gasteiger partial charge in [-0.2, -0.15) is 13.2 Å². The fourth-order valence-electron chi connectivity index (χ4n) is 4.70. The molecule has 2 aliphatic rings. The molecule has 5 nitrogen and oxygen atoms in total. The van der Waals surface area contributed by atoms with E-state index in [-0.39, 0.29) is 16.9 Å². The van der Waals surface area contributed by atoms with Crippen LogP contribution in [0.4, 0.5) is 13.2 Å². The zero-order valence-electron chi connectivity index (χ0n) is 19.3. The molecular weight excluding hydrogens is 445 g/mol. The molecule has 1 aliphatic heterocycles. The van der Waals surface area contributed by atoms with E-state index in [0.29, 0.717) is 19.5 Å². The number of aromatic carboxylic acids is 1. The smallest absolute Gasteiger partial charge is 0.416 e. The Labute approximate surface area is 197 Å². The van der Waals surface area contributed by atoms with E-state index < -0.39 is 29.3 Å². The van der Waals surface area contributed by atoms with Gasteiger partial charge < -0.3 is 10.4 Å². The lowest BCUT2D eigenvalue weighted by atomic mass is 9.78. The third kappa shape index (κ3) is 5.27. The Bertz CT molecular complexity index is 1060. The standard InChI is InChI=1S/C26H29F3N2O3/c1-24(2)13-14-31(16-17-3-7-20(8-4-17)26(27,28)29)21(15-24)22(32)30-25(11-12-25)19-9-5-18(6-10-19)23(33)34/h3-10,21H,11-16H2,1-2H3,(H,30,32)(H,33,34). The van der Waals surface area contributed by atoms with E-state index >= 15 is 0 Å². The van der Waals surface area contributed by atoms with Gasteiger partial charge in [-0.15, -0.1) is 0 Å². The number of carbonyl (C=O) groups is 2. The SMILES string of the molecule is CC1(C)CCN(Cc2ccc(C(F)(F)F)cc2)C(C(=O)NC2(c3ccc(C(=O)O)cc3)CC2)C1. The molecule has 182 valence electrons. The number of piperidine rings is 1. The number of halogens is 3. The van der Waals surface area contributed by atoms with Crippen molar-refractivity contribution in [2.24, 2.45) is 5.41 Å². The molecule has 1 saturated carbocycles. The van der Waals surface area contributed by atoms with E-state index in [9.17, 15) is 22.8 Å². The lowest BCUT2D eigenvalue weighted by molar-refractivity contribution is -0.137. The molecule has 2 fully saturated rings. The number of likely N-dealkylation sites (tertiary alicyclic amines) is 1. The van der Waals surface area contributed by atoms with Crippen molar-refractivity contribution in [3.8, 4) is 0 Å². The second-order valence-electron chi connectivity index (χ2n) is 10.3. The lowest BCUT2D eigenvalue weighted by Crippen LogP contribution is -2.54. The molecule has 1 saturated heterocycles. The van der Waals surface area contributed by atoms with Gasteiger partial charge in [-0.1, -0.05) is 38.1 Å². The van der Waals surface area contributed by atoms with Gasteiger partial charge in [0.25, 0.3) is 0 Å². The number of hydrogen-bond acceptors (Lipinski definition) is 3. The second kappa shape index (κ2) is 8.73. The number of alkyl halides is 3. The van der Waals surface area contributed by atoms with Crippen LogP contribution in [-0.4, -0.2) is 34.5 Å². The summed E-state index contributed by atoms with van der Waals surface area (Å²) in [5.74, 6) is -1.09. The highest BCUT2D eigenvalue weighted by molar-refractivity contribution is 5.87. The number of nitrogens with one attached hydrogen (secondary N) is 1. The van der Waals surface area contributed by atoms with Crippen LogP contribution in [0.2, 0.25) is 0 Å². The predicted molar refractivity (Wildman–Crippen MR) is 121 cm³/mol. The number of carboxylic acids is 1. The van der Waals surface area contributed by atoms with E-state index in [2.05, 4.69) is 19.2 Å². The first kappa shape index (κ1) is 24.3. The molecule has 4 rings (SSSR count). The fraction of sp³-hybridized carbons (Fsp3) is 0.462. The maximum atomic E-state index is 13.5. The summed E-state index contributed by atoms with van der Waals surface area (Å²) in [4.78, 5) is 26.7. The molecule has 2 aromatic carbocycles. The molecule has 8 heteroatoms. The molecule has 2 N–H and O–H groups in total. The van der Waals surface area contributed by atoms with Crippen LogP contribution in [0.3, 0.4) is 0 Å². The zero-order chi connectivity index (χ0) is 24.7. The van der Waals surface area contributed by atoms with E-state index in [1.807, 2.05) is 4.90 Å². The van der Waals surface area contributed by atoms with Crippen LogP contribution in [0.25, 0.3) is 0 Å². The van der Waals surface area contributed by atoms with Crippen molar-refractivity contribution < 1.29 is 27.9 Å². The van der Waals surface area contributed by atoms with Crippen molar-refractivity contribution in [3.05, 3.63) is 70.8 Å². The summed E-state index contributed by atoms with van der Waals surface area (Å²) in [5, 5.41) is 12.3. The largest absolute Gasteiger partial charge is 0.478 e. The maximum absolute atomic E-state index is 13.5. The van der Waals surface area contributed by atoms with Crippen LogP contribution in [-0.2, 0) is 23.1 Å². The lowest BCUT2D eigenvalue weighted by Gasteiger charge is -2.43. The minimum Gasteiger partial charge on any atom is -0.478 e. The van der Waals surface area contributed by atoms with Gasteiger partial charge >= 0.3 is 12.1 Å². The summed E-state index contributed by atoms with van der Waals surface area (Å²) in [6, 6.07) is 11.3. The van der Waals surface area contributed by atoms with Crippen LogP contribution in [0.15, 0.2) is 48.5 Å². The Morgan fingerprint density at radius 3 is 2.18 bits per heavy atom. The van der Waals surface area contributed by atoms with Crippen molar-refractivity contribution in [3.63, 3.8) is 0 Å². The number of hydrogen-bond donors (Lipinski definition) is 2. The molecule has 0 spiro atoms. The van der Waals surface area contributed by atoms with E-state index in [1.54, 1.807) is 24.3 Å². The summed E-state index contributed by atoms with van der Waals surface area (Å²) in [7, 11) is 0. The van der Waals surface area contributed by atoms with Crippen molar-refractivity contribution >= 4 is 11.9 Å². The third-order valence-corrected chi connectivity index (χ3v) is 7.03. The molecule has 0 bridgehead atoms. The van der Waals surface area contributed by atoms with Gasteiger partial charge in [0.15, 0.2) is 0 Å². The minimum absolute atomic E-state index is 0.0293. The molecule has 1 atom stereocenters. The number of carbonyl (C=O) groups excluding carboxylic acids is 1. The van der Waals surface area contributed by atoms with E-state index in [1.165, 1.54) is 12.1 Å². The first-order chi connectivity index (χ1) is 15.9. The summed E-state index contributed by atoms with van der Waals surface area (Å²) in [6.45, 7) is 5.32. The number of benzene rings is 2. The van der Waals surface area contributed by atoms with Crippen LogP contribution in [0.5, 0.6) is 0 Å². The summed E-state index contributed by atoms with van der Waals surface area (Å²) >= 11 is 0. The van der Waals surface area contributed by atoms with Crippen molar-refractivity contribution in [1.29, 1.82) is 0 Å². The Balaban J connectivity index is 1.50. The highest BCUT2D eigenvalue weighted by Gasteiger charge is 2.48. The highest BCUT2D eigenvalue weighted by Crippen LogP contribution is 2.46. The second-order valence-corrected chi connectivity index (χ2v) is 10.3. The van der Waals surface area contributed by atoms with Gasteiger partial charge in [-0.05, 0) is 73.0 Å². The van der Waals surface area contributed by atoms with E-state index in [4.69, 9.17) is 5.11 Å². The molecule has 2 aromatic rings. The van der Waals surface area contributed by atoms with Crippen LogP contribution < -0.4 is 5.32 Å². The third-order valence-electron chi connectivity index (χ3n) is 7.03. The van der Waals surface area contributed by atoms with Crippen molar-refractivity contribution in [1.82, 2.24) is 10.2 Å². The van der Waals surface area contributed by atoms with Gasteiger partial charge in [-0.25, -0.2) is 4.79 Å². The Morgan fingerprint density at radius 1 is 1.03 bits per heavy atom. The number of amides is 1. The molecule has 0 radical (unpaired) electrons. The molecule has 0 aromatic heterocycles. The highest BCUT2D eigenvalue weighted by atomic mass is 19.4. The molecular formula is C26H29F3N2O3. The van der Waals surface area contributed by atoms with Gasteiger partial charge in [0.05, 0.1) is 22.7 Å². The van der Waals surface area contributed by atoms with Crippen LogP contribution >= 0.6 is 0 Å². The van der Waals surface area contributed by atoms with Crippen molar-refractivity contribution in [2.75, 3.05) is 6.54 Å². The monoisotopic (exact) mass is 474 g/mol. The molecule has 1 amide bonds. The van der Waals surface area contributed by atoms with Gasteiger partial charge in [0.2, 0.25) is 5.91 Å². The number of nitrogens with zero attached hydrogens (tertiary/aromatic N) is 1. The summed E-state index contributed by atoms with van der Waals surface area (Å²) in [5.41, 5.74) is 0.609. The van der Waals surface area contributed by atoms with Crippen LogP contribution in [0, 0.1) is 5.41 Å². The molecule has 1 heterocycles. The first-order valence-corrected chi connectivity index (χ1v) is 11.4.